The van der Waals surface area contributed by atoms with Gasteiger partial charge >= 0.3 is 11.1 Å². The van der Waals surface area contributed by atoms with Crippen molar-refractivity contribution in [3.05, 3.63) is 32.2 Å². The summed E-state index contributed by atoms with van der Waals surface area (Å²) < 4.78 is 6.67. The van der Waals surface area contributed by atoms with E-state index in [0.717, 1.165) is 0 Å². The number of fused-ring (bicyclic) bond motifs is 1. The highest BCUT2D eigenvalue weighted by molar-refractivity contribution is 6.28. The molecule has 0 spiro atoms. The molecule has 1 aliphatic rings. The van der Waals surface area contributed by atoms with Crippen LogP contribution in [0.25, 0.3) is 11.2 Å². The van der Waals surface area contributed by atoms with Crippen molar-refractivity contribution in [2.75, 3.05) is 13.2 Å². The molecule has 2 aromatic rings. The fraction of sp³-hybridized carbons (Fsp3) is 0.455. The first-order chi connectivity index (χ1) is 9.16. The molecular weight excluding hydrogens is 272 g/mol. The van der Waals surface area contributed by atoms with Crippen LogP contribution in [0.4, 0.5) is 0 Å². The minimum absolute atomic E-state index is 0.0414. The normalized spacial score (nSPS) is 16.9. The van der Waals surface area contributed by atoms with Crippen LogP contribution in [-0.2, 0) is 4.74 Å². The zero-order valence-electron chi connectivity index (χ0n) is 9.93. The highest BCUT2D eigenvalue weighted by Crippen LogP contribution is 2.21. The molecule has 0 amide bonds. The van der Waals surface area contributed by atoms with Crippen LogP contribution >= 0.6 is 11.6 Å². The number of rotatable bonds is 1. The van der Waals surface area contributed by atoms with Crippen molar-refractivity contribution >= 4 is 22.8 Å². The number of halogens is 1. The van der Waals surface area contributed by atoms with Gasteiger partial charge in [-0.2, -0.15) is 4.98 Å². The van der Waals surface area contributed by atoms with Crippen LogP contribution in [0.15, 0.2) is 15.8 Å². The molecule has 1 saturated heterocycles. The lowest BCUT2D eigenvalue weighted by Gasteiger charge is -2.24. The molecule has 0 radical (unpaired) electrons. The molecule has 3 heterocycles. The Morgan fingerprint density at radius 1 is 1.37 bits per heavy atom. The average Bonchev–Trinajstić information content (AvgIpc) is 2.42. The first kappa shape index (κ1) is 12.3. The summed E-state index contributed by atoms with van der Waals surface area (Å²) in [6.45, 7) is 1.12. The van der Waals surface area contributed by atoms with Gasteiger partial charge in [-0.3, -0.25) is 14.2 Å². The van der Waals surface area contributed by atoms with E-state index in [4.69, 9.17) is 16.3 Å². The predicted molar refractivity (Wildman–Crippen MR) is 68.5 cm³/mol. The van der Waals surface area contributed by atoms with E-state index in [-0.39, 0.29) is 11.3 Å². The SMILES string of the molecule is O=c1[nH]c2cnc(Cl)nc2n(C2CCOCC2)c1=O. The Kier molecular flexibility index (Phi) is 3.08. The number of hydrogen-bond acceptors (Lipinski definition) is 5. The lowest BCUT2D eigenvalue weighted by molar-refractivity contribution is 0.0695. The zero-order chi connectivity index (χ0) is 13.4. The van der Waals surface area contributed by atoms with Crippen LogP contribution in [0.1, 0.15) is 18.9 Å². The highest BCUT2D eigenvalue weighted by Gasteiger charge is 2.21. The third-order valence-electron chi connectivity index (χ3n) is 3.18. The van der Waals surface area contributed by atoms with Crippen molar-refractivity contribution < 1.29 is 4.74 Å². The third kappa shape index (κ3) is 2.15. The largest absolute Gasteiger partial charge is 0.381 e. The number of aromatic nitrogens is 4. The van der Waals surface area contributed by atoms with Gasteiger partial charge < -0.3 is 9.72 Å². The van der Waals surface area contributed by atoms with E-state index in [1.165, 1.54) is 10.8 Å². The van der Waals surface area contributed by atoms with Gasteiger partial charge in [-0.05, 0) is 24.4 Å². The summed E-state index contributed by atoms with van der Waals surface area (Å²) in [5.41, 5.74) is -0.531. The monoisotopic (exact) mass is 282 g/mol. The Bertz CT molecular complexity index is 733. The Hall–Kier alpha value is -1.73. The molecule has 19 heavy (non-hydrogen) atoms. The van der Waals surface area contributed by atoms with Gasteiger partial charge in [-0.1, -0.05) is 0 Å². The molecule has 0 aliphatic carbocycles. The maximum absolute atomic E-state index is 12.1. The van der Waals surface area contributed by atoms with Gasteiger partial charge in [0.25, 0.3) is 0 Å². The van der Waals surface area contributed by atoms with E-state index in [9.17, 15) is 9.59 Å². The topological polar surface area (TPSA) is 89.9 Å². The highest BCUT2D eigenvalue weighted by atomic mass is 35.5. The maximum atomic E-state index is 12.1. The van der Waals surface area contributed by atoms with Crippen molar-refractivity contribution in [1.82, 2.24) is 19.5 Å². The van der Waals surface area contributed by atoms with Gasteiger partial charge in [0.1, 0.15) is 5.52 Å². The minimum atomic E-state index is -0.676. The summed E-state index contributed by atoms with van der Waals surface area (Å²) >= 11 is 5.77. The van der Waals surface area contributed by atoms with Gasteiger partial charge in [0, 0.05) is 19.3 Å². The molecule has 8 heteroatoms. The molecule has 0 atom stereocenters. The standard InChI is InChI=1S/C11H11ClN4O3/c12-11-13-5-7-8(15-11)16(10(18)9(17)14-7)6-1-3-19-4-2-6/h5-6H,1-4H2,(H,14,17). The Morgan fingerprint density at radius 2 is 2.11 bits per heavy atom. The molecule has 0 saturated carbocycles. The third-order valence-corrected chi connectivity index (χ3v) is 3.37. The first-order valence-electron chi connectivity index (χ1n) is 5.91. The fourth-order valence-corrected chi connectivity index (χ4v) is 2.42. The van der Waals surface area contributed by atoms with Gasteiger partial charge in [0.15, 0.2) is 5.65 Å². The molecule has 0 unspecified atom stereocenters. The lowest BCUT2D eigenvalue weighted by atomic mass is 10.1. The Morgan fingerprint density at radius 3 is 2.84 bits per heavy atom. The molecule has 1 aliphatic heterocycles. The van der Waals surface area contributed by atoms with Crippen LogP contribution in [-0.4, -0.2) is 32.7 Å². The number of H-pyrrole nitrogens is 1. The number of ether oxygens (including phenoxy) is 1. The molecule has 0 aromatic carbocycles. The van der Waals surface area contributed by atoms with Crippen LogP contribution in [0, 0.1) is 0 Å². The van der Waals surface area contributed by atoms with Gasteiger partial charge in [0.05, 0.1) is 6.20 Å². The fourth-order valence-electron chi connectivity index (χ4n) is 2.29. The van der Waals surface area contributed by atoms with E-state index < -0.39 is 11.1 Å². The number of nitrogens with zero attached hydrogens (tertiary/aromatic N) is 3. The molecule has 1 fully saturated rings. The van der Waals surface area contributed by atoms with Gasteiger partial charge in [0.2, 0.25) is 5.28 Å². The Labute approximate surface area is 112 Å². The van der Waals surface area contributed by atoms with E-state index >= 15 is 0 Å². The average molecular weight is 283 g/mol. The number of hydrogen-bond donors (Lipinski definition) is 1. The van der Waals surface area contributed by atoms with Crippen molar-refractivity contribution in [2.45, 2.75) is 18.9 Å². The van der Waals surface area contributed by atoms with E-state index in [2.05, 4.69) is 15.0 Å². The predicted octanol–water partition coefficient (Wildman–Crippen LogP) is 0.485. The first-order valence-corrected chi connectivity index (χ1v) is 6.29. The molecule has 0 bridgehead atoms. The quantitative estimate of drug-likeness (QED) is 0.607. The van der Waals surface area contributed by atoms with E-state index in [0.29, 0.717) is 37.2 Å². The van der Waals surface area contributed by atoms with Crippen LogP contribution in [0.5, 0.6) is 0 Å². The van der Waals surface area contributed by atoms with Crippen LogP contribution in [0.2, 0.25) is 5.28 Å². The second-order valence-corrected chi connectivity index (χ2v) is 4.69. The summed E-state index contributed by atoms with van der Waals surface area (Å²) in [4.78, 5) is 34.1. The lowest BCUT2D eigenvalue weighted by Crippen LogP contribution is -2.40. The summed E-state index contributed by atoms with van der Waals surface area (Å²) in [6, 6.07) is -0.1000. The maximum Gasteiger partial charge on any atom is 0.318 e. The van der Waals surface area contributed by atoms with Crippen LogP contribution < -0.4 is 11.1 Å². The van der Waals surface area contributed by atoms with Crippen molar-refractivity contribution in [3.8, 4) is 0 Å². The van der Waals surface area contributed by atoms with Gasteiger partial charge in [-0.25, -0.2) is 4.98 Å². The molecule has 2 aromatic heterocycles. The molecular formula is C11H11ClN4O3. The van der Waals surface area contributed by atoms with Crippen molar-refractivity contribution in [3.63, 3.8) is 0 Å². The summed E-state index contributed by atoms with van der Waals surface area (Å²) in [6.07, 6.45) is 2.74. The number of aromatic amines is 1. The summed E-state index contributed by atoms with van der Waals surface area (Å²) in [5, 5.41) is 0.0414. The second-order valence-electron chi connectivity index (χ2n) is 4.35. The second kappa shape index (κ2) is 4.75. The molecule has 100 valence electrons. The molecule has 3 rings (SSSR count). The summed E-state index contributed by atoms with van der Waals surface area (Å²) in [7, 11) is 0. The van der Waals surface area contributed by atoms with Crippen LogP contribution in [0.3, 0.4) is 0 Å². The van der Waals surface area contributed by atoms with Gasteiger partial charge in [-0.15, -0.1) is 0 Å². The Balaban J connectivity index is 2.30. The van der Waals surface area contributed by atoms with Crippen molar-refractivity contribution in [1.29, 1.82) is 0 Å². The van der Waals surface area contributed by atoms with E-state index in [1.54, 1.807) is 0 Å². The van der Waals surface area contributed by atoms with Crippen molar-refractivity contribution in [2.24, 2.45) is 0 Å². The smallest absolute Gasteiger partial charge is 0.318 e. The molecule has 7 nitrogen and oxygen atoms in total. The minimum Gasteiger partial charge on any atom is -0.381 e. The van der Waals surface area contributed by atoms with E-state index in [1.807, 2.05) is 0 Å². The zero-order valence-corrected chi connectivity index (χ0v) is 10.7. The number of nitrogens with one attached hydrogen (secondary N) is 1. The molecule has 1 N–H and O–H groups in total. The summed E-state index contributed by atoms with van der Waals surface area (Å²) in [5.74, 6) is 0.